The Labute approximate surface area is 130 Å². The molecule has 0 bridgehead atoms. The normalized spacial score (nSPS) is 10.7. The number of benzene rings is 1. The molecule has 2 heterocycles. The molecule has 0 aliphatic carbocycles. The highest BCUT2D eigenvalue weighted by molar-refractivity contribution is 6.43. The molecule has 0 spiro atoms. The summed E-state index contributed by atoms with van der Waals surface area (Å²) in [7, 11) is 0. The average Bonchev–Trinajstić information content (AvgIpc) is 3.18. The van der Waals surface area contributed by atoms with Crippen LogP contribution in [0.1, 0.15) is 27.6 Å². The van der Waals surface area contributed by atoms with Crippen LogP contribution in [0.3, 0.4) is 0 Å². The van der Waals surface area contributed by atoms with E-state index in [0.29, 0.717) is 12.1 Å². The molecule has 0 amide bonds. The van der Waals surface area contributed by atoms with Crippen LogP contribution in [0.5, 0.6) is 0 Å². The second-order valence-corrected chi connectivity index (χ2v) is 5.07. The van der Waals surface area contributed by atoms with Crippen LogP contribution < -0.4 is 0 Å². The molecular weight excluding hydrogens is 299 g/mol. The van der Waals surface area contributed by atoms with E-state index in [2.05, 4.69) is 20.2 Å². The van der Waals surface area contributed by atoms with Crippen molar-refractivity contribution in [3.8, 4) is 0 Å². The SMILES string of the molecule is O=C(Cc1ccc(Cc2cccc(F)c2)[nH]1)C(=O)c1nc[nH]n1. The van der Waals surface area contributed by atoms with Crippen molar-refractivity contribution in [3.05, 3.63) is 71.3 Å². The minimum atomic E-state index is -0.729. The lowest BCUT2D eigenvalue weighted by Crippen LogP contribution is -2.18. The molecule has 0 aliphatic rings. The van der Waals surface area contributed by atoms with Crippen molar-refractivity contribution in [1.82, 2.24) is 20.2 Å². The van der Waals surface area contributed by atoms with Gasteiger partial charge in [0.25, 0.3) is 5.78 Å². The Hall–Kier alpha value is -3.09. The molecule has 0 atom stereocenters. The van der Waals surface area contributed by atoms with Crippen molar-refractivity contribution < 1.29 is 14.0 Å². The summed E-state index contributed by atoms with van der Waals surface area (Å²) in [5.41, 5.74) is 2.27. The zero-order valence-electron chi connectivity index (χ0n) is 12.0. The lowest BCUT2D eigenvalue weighted by molar-refractivity contribution is -0.114. The van der Waals surface area contributed by atoms with Gasteiger partial charge in [-0.15, -0.1) is 5.10 Å². The molecule has 23 heavy (non-hydrogen) atoms. The van der Waals surface area contributed by atoms with E-state index in [0.717, 1.165) is 11.3 Å². The summed E-state index contributed by atoms with van der Waals surface area (Å²) in [6, 6.07) is 9.85. The number of halogens is 1. The largest absolute Gasteiger partial charge is 0.362 e. The first-order valence-electron chi connectivity index (χ1n) is 6.96. The summed E-state index contributed by atoms with van der Waals surface area (Å²) < 4.78 is 13.2. The molecule has 0 saturated carbocycles. The summed E-state index contributed by atoms with van der Waals surface area (Å²) in [4.78, 5) is 30.4. The molecule has 0 saturated heterocycles. The fraction of sp³-hybridized carbons (Fsp3) is 0.125. The molecular formula is C16H13FN4O2. The Kier molecular flexibility index (Phi) is 4.09. The molecule has 116 valence electrons. The topological polar surface area (TPSA) is 91.5 Å². The van der Waals surface area contributed by atoms with Crippen LogP contribution in [0.2, 0.25) is 0 Å². The van der Waals surface area contributed by atoms with Crippen molar-refractivity contribution in [2.24, 2.45) is 0 Å². The molecule has 0 fully saturated rings. The van der Waals surface area contributed by atoms with Gasteiger partial charge in [0.1, 0.15) is 12.1 Å². The average molecular weight is 312 g/mol. The Bertz CT molecular complexity index is 839. The van der Waals surface area contributed by atoms with E-state index in [1.807, 2.05) is 12.1 Å². The van der Waals surface area contributed by atoms with Gasteiger partial charge in [0, 0.05) is 17.8 Å². The van der Waals surface area contributed by atoms with Crippen LogP contribution in [0.25, 0.3) is 0 Å². The second-order valence-electron chi connectivity index (χ2n) is 5.07. The number of carbonyl (C=O) groups is 2. The first-order valence-corrected chi connectivity index (χ1v) is 6.96. The summed E-state index contributed by atoms with van der Waals surface area (Å²) in [6.07, 6.45) is 1.70. The van der Waals surface area contributed by atoms with Crippen LogP contribution in [-0.2, 0) is 17.6 Å². The Morgan fingerprint density at radius 3 is 2.70 bits per heavy atom. The summed E-state index contributed by atoms with van der Waals surface area (Å²) in [6.45, 7) is 0. The molecule has 0 unspecified atom stereocenters. The van der Waals surface area contributed by atoms with Gasteiger partial charge < -0.3 is 4.98 Å². The third-order valence-corrected chi connectivity index (χ3v) is 3.31. The lowest BCUT2D eigenvalue weighted by atomic mass is 10.1. The maximum atomic E-state index is 13.2. The van der Waals surface area contributed by atoms with Crippen molar-refractivity contribution in [3.63, 3.8) is 0 Å². The molecule has 3 rings (SSSR count). The number of hydrogen-bond donors (Lipinski definition) is 2. The zero-order chi connectivity index (χ0) is 16.2. The highest BCUT2D eigenvalue weighted by Gasteiger charge is 2.20. The zero-order valence-corrected chi connectivity index (χ0v) is 12.0. The van der Waals surface area contributed by atoms with Crippen LogP contribution in [0.4, 0.5) is 4.39 Å². The van der Waals surface area contributed by atoms with E-state index in [4.69, 9.17) is 0 Å². The Morgan fingerprint density at radius 2 is 1.96 bits per heavy atom. The molecule has 0 aliphatic heterocycles. The molecule has 0 radical (unpaired) electrons. The van der Waals surface area contributed by atoms with Crippen LogP contribution in [0, 0.1) is 5.82 Å². The van der Waals surface area contributed by atoms with Gasteiger partial charge in [0.2, 0.25) is 11.6 Å². The first kappa shape index (κ1) is 14.8. The van der Waals surface area contributed by atoms with Crippen molar-refractivity contribution in [2.45, 2.75) is 12.8 Å². The number of nitrogens with zero attached hydrogens (tertiary/aromatic N) is 2. The van der Waals surface area contributed by atoms with Gasteiger partial charge in [-0.25, -0.2) is 9.37 Å². The van der Waals surface area contributed by atoms with E-state index < -0.39 is 11.6 Å². The number of H-pyrrole nitrogens is 2. The van der Waals surface area contributed by atoms with Crippen molar-refractivity contribution in [2.75, 3.05) is 0 Å². The molecule has 7 heteroatoms. The fourth-order valence-corrected chi connectivity index (χ4v) is 2.26. The van der Waals surface area contributed by atoms with Crippen molar-refractivity contribution >= 4 is 11.6 Å². The number of carbonyl (C=O) groups excluding carboxylic acids is 2. The summed E-state index contributed by atoms with van der Waals surface area (Å²) in [5, 5.41) is 5.99. The van der Waals surface area contributed by atoms with E-state index >= 15 is 0 Å². The van der Waals surface area contributed by atoms with Crippen LogP contribution in [0.15, 0.2) is 42.7 Å². The number of aromatic amines is 2. The number of Topliss-reactive ketones (excluding diaryl/α,β-unsaturated/α-hetero) is 2. The second kappa shape index (κ2) is 6.35. The van der Waals surface area contributed by atoms with Crippen molar-refractivity contribution in [1.29, 1.82) is 0 Å². The van der Waals surface area contributed by atoms with Gasteiger partial charge in [-0.05, 0) is 29.8 Å². The monoisotopic (exact) mass is 312 g/mol. The highest BCUT2D eigenvalue weighted by atomic mass is 19.1. The molecule has 2 aromatic heterocycles. The van der Waals surface area contributed by atoms with E-state index in [1.165, 1.54) is 18.5 Å². The van der Waals surface area contributed by atoms with Gasteiger partial charge in [0.15, 0.2) is 0 Å². The predicted octanol–water partition coefficient (Wildman–Crippen LogP) is 1.86. The first-order chi connectivity index (χ1) is 11.1. The predicted molar refractivity (Wildman–Crippen MR) is 79.4 cm³/mol. The maximum absolute atomic E-state index is 13.2. The van der Waals surface area contributed by atoms with Crippen LogP contribution in [-0.4, -0.2) is 31.7 Å². The summed E-state index contributed by atoms with van der Waals surface area (Å²) in [5.74, 6) is -1.75. The van der Waals surface area contributed by atoms with Gasteiger partial charge in [-0.2, -0.15) is 0 Å². The van der Waals surface area contributed by atoms with E-state index in [1.54, 1.807) is 12.1 Å². The number of rotatable bonds is 6. The third-order valence-electron chi connectivity index (χ3n) is 3.31. The van der Waals surface area contributed by atoms with Gasteiger partial charge in [-0.1, -0.05) is 12.1 Å². The van der Waals surface area contributed by atoms with Gasteiger partial charge >= 0.3 is 0 Å². The van der Waals surface area contributed by atoms with E-state index in [9.17, 15) is 14.0 Å². The molecule has 1 aromatic carbocycles. The number of hydrogen-bond acceptors (Lipinski definition) is 4. The van der Waals surface area contributed by atoms with Crippen LogP contribution >= 0.6 is 0 Å². The van der Waals surface area contributed by atoms with Gasteiger partial charge in [-0.3, -0.25) is 14.7 Å². The molecule has 6 nitrogen and oxygen atoms in total. The summed E-state index contributed by atoms with van der Waals surface area (Å²) >= 11 is 0. The highest BCUT2D eigenvalue weighted by Crippen LogP contribution is 2.12. The maximum Gasteiger partial charge on any atom is 0.267 e. The quantitative estimate of drug-likeness (QED) is 0.537. The fourth-order valence-electron chi connectivity index (χ4n) is 2.26. The lowest BCUT2D eigenvalue weighted by Gasteiger charge is -2.00. The minimum absolute atomic E-state index is 0.0590. The van der Waals surface area contributed by atoms with Gasteiger partial charge in [0.05, 0.1) is 6.42 Å². The smallest absolute Gasteiger partial charge is 0.267 e. The number of nitrogens with one attached hydrogen (secondary N) is 2. The minimum Gasteiger partial charge on any atom is -0.362 e. The Balaban J connectivity index is 1.65. The molecule has 2 N–H and O–H groups in total. The van der Waals surface area contributed by atoms with E-state index in [-0.39, 0.29) is 18.1 Å². The third kappa shape index (κ3) is 3.57. The standard InChI is InChI=1S/C16H13FN4O2/c17-11-3-1-2-10(6-11)7-12-4-5-13(20-12)8-14(22)15(23)16-18-9-19-21-16/h1-6,9,20H,7-8H2,(H,18,19,21). The molecule has 3 aromatic rings. The number of ketones is 2. The Morgan fingerprint density at radius 1 is 1.13 bits per heavy atom. The number of aromatic nitrogens is 4.